The number of benzene rings is 1. The third kappa shape index (κ3) is 3.04. The number of amides is 1. The van der Waals surface area contributed by atoms with Crippen LogP contribution in [0.2, 0.25) is 0 Å². The van der Waals surface area contributed by atoms with E-state index >= 15 is 0 Å². The van der Waals surface area contributed by atoms with Gasteiger partial charge in [0.2, 0.25) is 0 Å². The van der Waals surface area contributed by atoms with Crippen molar-refractivity contribution in [3.8, 4) is 0 Å². The van der Waals surface area contributed by atoms with Crippen molar-refractivity contribution in [1.29, 1.82) is 0 Å². The molecule has 0 aliphatic heterocycles. The first-order chi connectivity index (χ1) is 8.66. The van der Waals surface area contributed by atoms with Crippen LogP contribution in [-0.4, -0.2) is 16.1 Å². The number of primary amides is 1. The van der Waals surface area contributed by atoms with Crippen LogP contribution in [0.4, 0.5) is 5.82 Å². The molecule has 1 heterocycles. The number of halogens is 1. The number of nitrogens with zero attached hydrogens (tertiary/aromatic N) is 2. The maximum Gasteiger partial charge on any atom is 0.269 e. The standard InChI is InChI=1S/C12H11BrN4O/c13-9-4-2-1-3-8(9)7-15-11-6-5-10(12(14)18)16-17-11/h1-6H,7H2,(H2,14,18)(H,15,17). The molecule has 0 unspecified atom stereocenters. The highest BCUT2D eigenvalue weighted by atomic mass is 79.9. The zero-order valence-electron chi connectivity index (χ0n) is 9.43. The molecule has 2 rings (SSSR count). The van der Waals surface area contributed by atoms with Crippen LogP contribution >= 0.6 is 15.9 Å². The van der Waals surface area contributed by atoms with E-state index in [1.165, 1.54) is 6.07 Å². The van der Waals surface area contributed by atoms with Gasteiger partial charge in [0.1, 0.15) is 5.82 Å². The maximum atomic E-state index is 10.8. The van der Waals surface area contributed by atoms with Gasteiger partial charge in [-0.1, -0.05) is 34.1 Å². The van der Waals surface area contributed by atoms with Crippen molar-refractivity contribution in [3.63, 3.8) is 0 Å². The fourth-order valence-electron chi connectivity index (χ4n) is 1.39. The van der Waals surface area contributed by atoms with Crippen molar-refractivity contribution in [2.75, 3.05) is 5.32 Å². The maximum absolute atomic E-state index is 10.8. The van der Waals surface area contributed by atoms with Crippen LogP contribution in [0, 0.1) is 0 Å². The minimum absolute atomic E-state index is 0.154. The predicted octanol–water partition coefficient (Wildman–Crippen LogP) is 1.95. The van der Waals surface area contributed by atoms with Crippen molar-refractivity contribution < 1.29 is 4.79 Å². The highest BCUT2D eigenvalue weighted by molar-refractivity contribution is 9.10. The molecule has 0 aliphatic carbocycles. The van der Waals surface area contributed by atoms with Crippen LogP contribution in [0.3, 0.4) is 0 Å². The number of nitrogens with two attached hydrogens (primary N) is 1. The molecule has 92 valence electrons. The van der Waals surface area contributed by atoms with E-state index in [0.29, 0.717) is 12.4 Å². The van der Waals surface area contributed by atoms with Crippen molar-refractivity contribution >= 4 is 27.7 Å². The second-order valence-electron chi connectivity index (χ2n) is 3.61. The number of carbonyl (C=O) groups excluding carboxylic acids is 1. The van der Waals surface area contributed by atoms with Gasteiger partial charge in [0.05, 0.1) is 0 Å². The van der Waals surface area contributed by atoms with Gasteiger partial charge in [-0.2, -0.15) is 0 Å². The lowest BCUT2D eigenvalue weighted by molar-refractivity contribution is 0.0994. The summed E-state index contributed by atoms with van der Waals surface area (Å²) >= 11 is 3.46. The SMILES string of the molecule is NC(=O)c1ccc(NCc2ccccc2Br)nn1. The van der Waals surface area contributed by atoms with Gasteiger partial charge in [0.25, 0.3) is 5.91 Å². The van der Waals surface area contributed by atoms with Gasteiger partial charge in [-0.15, -0.1) is 10.2 Å². The first kappa shape index (κ1) is 12.5. The van der Waals surface area contributed by atoms with Gasteiger partial charge in [-0.3, -0.25) is 4.79 Å². The van der Waals surface area contributed by atoms with E-state index in [1.807, 2.05) is 24.3 Å². The van der Waals surface area contributed by atoms with E-state index in [9.17, 15) is 4.79 Å². The lowest BCUT2D eigenvalue weighted by atomic mass is 10.2. The quantitative estimate of drug-likeness (QED) is 0.904. The second kappa shape index (κ2) is 5.59. The van der Waals surface area contributed by atoms with Crippen LogP contribution in [-0.2, 0) is 6.54 Å². The molecule has 0 radical (unpaired) electrons. The molecule has 0 saturated carbocycles. The third-order valence-corrected chi connectivity index (χ3v) is 3.11. The summed E-state index contributed by atoms with van der Waals surface area (Å²) in [6, 6.07) is 11.1. The average Bonchev–Trinajstić information content (AvgIpc) is 2.38. The Morgan fingerprint density at radius 3 is 2.61 bits per heavy atom. The molecule has 0 atom stereocenters. The summed E-state index contributed by atoms with van der Waals surface area (Å²) in [6.45, 7) is 0.617. The van der Waals surface area contributed by atoms with E-state index < -0.39 is 5.91 Å². The summed E-state index contributed by atoms with van der Waals surface area (Å²) in [5.74, 6) is 0.00982. The van der Waals surface area contributed by atoms with E-state index in [4.69, 9.17) is 5.73 Å². The topological polar surface area (TPSA) is 80.9 Å². The molecule has 1 amide bonds. The molecule has 0 aliphatic rings. The molecule has 0 saturated heterocycles. The molecular formula is C12H11BrN4O. The molecule has 0 fully saturated rings. The van der Waals surface area contributed by atoms with Crippen LogP contribution in [0.25, 0.3) is 0 Å². The minimum atomic E-state index is -0.583. The van der Waals surface area contributed by atoms with Crippen LogP contribution in [0.1, 0.15) is 16.1 Å². The normalized spacial score (nSPS) is 10.1. The summed E-state index contributed by atoms with van der Waals surface area (Å²) < 4.78 is 1.03. The Bertz CT molecular complexity index is 556. The number of aromatic nitrogens is 2. The van der Waals surface area contributed by atoms with Crippen LogP contribution in [0.5, 0.6) is 0 Å². The average molecular weight is 307 g/mol. The highest BCUT2D eigenvalue weighted by Gasteiger charge is 2.03. The molecule has 0 spiro atoms. The summed E-state index contributed by atoms with van der Waals surface area (Å²) in [5, 5.41) is 10.7. The third-order valence-electron chi connectivity index (χ3n) is 2.33. The molecule has 0 bridgehead atoms. The first-order valence-corrected chi connectivity index (χ1v) is 6.07. The molecule has 3 N–H and O–H groups in total. The monoisotopic (exact) mass is 306 g/mol. The fourth-order valence-corrected chi connectivity index (χ4v) is 1.81. The Hall–Kier alpha value is -1.95. The van der Waals surface area contributed by atoms with Crippen molar-refractivity contribution in [3.05, 3.63) is 52.1 Å². The van der Waals surface area contributed by atoms with Gasteiger partial charge < -0.3 is 11.1 Å². The molecule has 6 heteroatoms. The molecular weight excluding hydrogens is 296 g/mol. The van der Waals surface area contributed by atoms with Gasteiger partial charge in [0.15, 0.2) is 5.69 Å². The van der Waals surface area contributed by atoms with E-state index in [0.717, 1.165) is 10.0 Å². The van der Waals surface area contributed by atoms with Crippen LogP contribution in [0.15, 0.2) is 40.9 Å². The predicted molar refractivity (Wildman–Crippen MR) is 72.0 cm³/mol. The molecule has 1 aromatic carbocycles. The van der Waals surface area contributed by atoms with Crippen LogP contribution < -0.4 is 11.1 Å². The van der Waals surface area contributed by atoms with Gasteiger partial charge >= 0.3 is 0 Å². The minimum Gasteiger partial charge on any atom is -0.364 e. The highest BCUT2D eigenvalue weighted by Crippen LogP contribution is 2.16. The Morgan fingerprint density at radius 1 is 1.22 bits per heavy atom. The smallest absolute Gasteiger partial charge is 0.269 e. The van der Waals surface area contributed by atoms with Gasteiger partial charge in [-0.25, -0.2) is 0 Å². The van der Waals surface area contributed by atoms with E-state index in [-0.39, 0.29) is 5.69 Å². The Morgan fingerprint density at radius 2 is 2.00 bits per heavy atom. The second-order valence-corrected chi connectivity index (χ2v) is 4.47. The molecule has 18 heavy (non-hydrogen) atoms. The van der Waals surface area contributed by atoms with Gasteiger partial charge in [-0.05, 0) is 23.8 Å². The fraction of sp³-hybridized carbons (Fsp3) is 0.0833. The van der Waals surface area contributed by atoms with Crippen molar-refractivity contribution in [2.45, 2.75) is 6.54 Å². The first-order valence-electron chi connectivity index (χ1n) is 5.27. The summed E-state index contributed by atoms with van der Waals surface area (Å²) in [6.07, 6.45) is 0. The summed E-state index contributed by atoms with van der Waals surface area (Å²) in [7, 11) is 0. The molecule has 5 nitrogen and oxygen atoms in total. The largest absolute Gasteiger partial charge is 0.364 e. The Kier molecular flexibility index (Phi) is 3.88. The Balaban J connectivity index is 2.02. The lowest BCUT2D eigenvalue weighted by Gasteiger charge is -2.06. The summed E-state index contributed by atoms with van der Waals surface area (Å²) in [4.78, 5) is 10.8. The zero-order chi connectivity index (χ0) is 13.0. The molecule has 1 aromatic heterocycles. The van der Waals surface area contributed by atoms with E-state index in [1.54, 1.807) is 6.07 Å². The Labute approximate surface area is 113 Å². The number of hydrogen-bond acceptors (Lipinski definition) is 4. The lowest BCUT2D eigenvalue weighted by Crippen LogP contribution is -2.14. The van der Waals surface area contributed by atoms with Gasteiger partial charge in [0, 0.05) is 11.0 Å². The number of hydrogen-bond donors (Lipinski definition) is 2. The van der Waals surface area contributed by atoms with Crippen molar-refractivity contribution in [1.82, 2.24) is 10.2 Å². The summed E-state index contributed by atoms with van der Waals surface area (Å²) in [5.41, 5.74) is 6.34. The molecule has 2 aromatic rings. The van der Waals surface area contributed by atoms with Crippen molar-refractivity contribution in [2.24, 2.45) is 5.73 Å². The van der Waals surface area contributed by atoms with E-state index in [2.05, 4.69) is 31.4 Å². The number of nitrogens with one attached hydrogen (secondary N) is 1. The zero-order valence-corrected chi connectivity index (χ0v) is 11.0. The number of carbonyl (C=O) groups is 1. The number of anilines is 1. The number of rotatable bonds is 4.